The molecule has 1 heterocycles. The van der Waals surface area contributed by atoms with Crippen LogP contribution in [0.5, 0.6) is 11.5 Å². The van der Waals surface area contributed by atoms with E-state index in [1.807, 2.05) is 12.1 Å². The molecular weight excluding hydrogens is 294 g/mol. The van der Waals surface area contributed by atoms with Crippen molar-refractivity contribution in [1.29, 1.82) is 0 Å². The summed E-state index contributed by atoms with van der Waals surface area (Å²) in [6.45, 7) is 2.08. The summed E-state index contributed by atoms with van der Waals surface area (Å²) in [5.74, 6) is 0.828. The summed E-state index contributed by atoms with van der Waals surface area (Å²) in [6, 6.07) is 9.02. The maximum Gasteiger partial charge on any atom is 0.338 e. The fourth-order valence-electron chi connectivity index (χ4n) is 2.10. The first-order valence-corrected chi connectivity index (χ1v) is 7.20. The van der Waals surface area contributed by atoms with Crippen LogP contribution in [0.1, 0.15) is 18.1 Å². The average molecular weight is 313 g/mol. The lowest BCUT2D eigenvalue weighted by atomic mass is 10.0. The standard InChI is InChI=1S/C18H19NO4/c1-4-23-18(20)15(14-6-5-9-19-12-14)10-13-7-8-16(21-2)17(11-13)22-3/h5-12H,4H2,1-3H3. The van der Waals surface area contributed by atoms with E-state index in [2.05, 4.69) is 4.98 Å². The lowest BCUT2D eigenvalue weighted by Gasteiger charge is -2.10. The summed E-state index contributed by atoms with van der Waals surface area (Å²) in [7, 11) is 3.14. The maximum atomic E-state index is 12.3. The predicted molar refractivity (Wildman–Crippen MR) is 88.3 cm³/mol. The Hall–Kier alpha value is -2.82. The van der Waals surface area contributed by atoms with Gasteiger partial charge in [-0.1, -0.05) is 12.1 Å². The topological polar surface area (TPSA) is 57.7 Å². The summed E-state index contributed by atoms with van der Waals surface area (Å²) in [5, 5.41) is 0. The van der Waals surface area contributed by atoms with Crippen molar-refractivity contribution in [1.82, 2.24) is 4.98 Å². The van der Waals surface area contributed by atoms with Crippen LogP contribution in [-0.4, -0.2) is 31.8 Å². The number of benzene rings is 1. The number of carbonyl (C=O) groups is 1. The third-order valence-corrected chi connectivity index (χ3v) is 3.19. The van der Waals surface area contributed by atoms with Crippen molar-refractivity contribution in [2.75, 3.05) is 20.8 Å². The van der Waals surface area contributed by atoms with E-state index in [1.54, 1.807) is 57.8 Å². The fraction of sp³-hybridized carbons (Fsp3) is 0.222. The Morgan fingerprint density at radius 2 is 1.96 bits per heavy atom. The van der Waals surface area contributed by atoms with Crippen LogP contribution in [0.2, 0.25) is 0 Å². The first kappa shape index (κ1) is 16.5. The monoisotopic (exact) mass is 313 g/mol. The normalized spacial score (nSPS) is 11.0. The van der Waals surface area contributed by atoms with Gasteiger partial charge in [-0.05, 0) is 36.8 Å². The number of esters is 1. The molecule has 1 aromatic heterocycles. The molecule has 2 rings (SSSR count). The lowest BCUT2D eigenvalue weighted by Crippen LogP contribution is -2.07. The number of ether oxygens (including phenoxy) is 3. The third-order valence-electron chi connectivity index (χ3n) is 3.19. The van der Waals surface area contributed by atoms with E-state index < -0.39 is 5.97 Å². The summed E-state index contributed by atoms with van der Waals surface area (Å²) in [5.41, 5.74) is 1.93. The van der Waals surface area contributed by atoms with E-state index in [0.29, 0.717) is 29.2 Å². The van der Waals surface area contributed by atoms with Crippen LogP contribution in [0.3, 0.4) is 0 Å². The number of rotatable bonds is 6. The summed E-state index contributed by atoms with van der Waals surface area (Å²) >= 11 is 0. The molecule has 0 aliphatic rings. The fourth-order valence-corrected chi connectivity index (χ4v) is 2.10. The molecule has 5 heteroatoms. The van der Waals surface area contributed by atoms with Gasteiger partial charge >= 0.3 is 5.97 Å². The SMILES string of the molecule is CCOC(=O)C(=Cc1ccc(OC)c(OC)c1)c1cccnc1. The molecule has 1 aromatic carbocycles. The summed E-state index contributed by atoms with van der Waals surface area (Å²) < 4.78 is 15.7. The second-order valence-corrected chi connectivity index (χ2v) is 4.63. The van der Waals surface area contributed by atoms with Gasteiger partial charge < -0.3 is 14.2 Å². The molecule has 0 aliphatic heterocycles. The van der Waals surface area contributed by atoms with Gasteiger partial charge in [0.2, 0.25) is 0 Å². The molecule has 0 saturated carbocycles. The molecule has 0 spiro atoms. The van der Waals surface area contributed by atoms with Gasteiger partial charge in [0.1, 0.15) is 0 Å². The molecule has 0 N–H and O–H groups in total. The van der Waals surface area contributed by atoms with Crippen molar-refractivity contribution in [3.63, 3.8) is 0 Å². The Morgan fingerprint density at radius 1 is 1.17 bits per heavy atom. The highest BCUT2D eigenvalue weighted by atomic mass is 16.5. The second kappa shape index (κ2) is 7.98. The minimum Gasteiger partial charge on any atom is -0.493 e. The Kier molecular flexibility index (Phi) is 5.74. The molecule has 0 atom stereocenters. The Balaban J connectivity index is 2.46. The van der Waals surface area contributed by atoms with E-state index in [-0.39, 0.29) is 0 Å². The van der Waals surface area contributed by atoms with Crippen LogP contribution >= 0.6 is 0 Å². The third kappa shape index (κ3) is 4.10. The predicted octanol–water partition coefficient (Wildman–Crippen LogP) is 3.20. The number of aromatic nitrogens is 1. The molecule has 0 unspecified atom stereocenters. The number of pyridine rings is 1. The van der Waals surface area contributed by atoms with E-state index in [9.17, 15) is 4.79 Å². The minimum absolute atomic E-state index is 0.308. The molecule has 0 aliphatic carbocycles. The number of hydrogen-bond donors (Lipinski definition) is 0. The average Bonchev–Trinajstić information content (AvgIpc) is 2.60. The van der Waals surface area contributed by atoms with Crippen molar-refractivity contribution in [2.45, 2.75) is 6.92 Å². The van der Waals surface area contributed by atoms with Gasteiger partial charge in [-0.25, -0.2) is 4.79 Å². The van der Waals surface area contributed by atoms with Gasteiger partial charge in [-0.15, -0.1) is 0 Å². The largest absolute Gasteiger partial charge is 0.493 e. The Bertz CT molecular complexity index is 695. The van der Waals surface area contributed by atoms with E-state index in [4.69, 9.17) is 14.2 Å². The first-order valence-electron chi connectivity index (χ1n) is 7.20. The van der Waals surface area contributed by atoms with Crippen molar-refractivity contribution < 1.29 is 19.0 Å². The number of hydrogen-bond acceptors (Lipinski definition) is 5. The molecular formula is C18H19NO4. The molecule has 0 fully saturated rings. The zero-order valence-electron chi connectivity index (χ0n) is 13.4. The van der Waals surface area contributed by atoms with Gasteiger partial charge in [0.25, 0.3) is 0 Å². The molecule has 120 valence electrons. The van der Waals surface area contributed by atoms with Crippen LogP contribution < -0.4 is 9.47 Å². The maximum absolute atomic E-state index is 12.3. The minimum atomic E-state index is -0.393. The van der Waals surface area contributed by atoms with Crippen LogP contribution in [0, 0.1) is 0 Å². The number of methoxy groups -OCH3 is 2. The zero-order chi connectivity index (χ0) is 16.7. The summed E-state index contributed by atoms with van der Waals surface area (Å²) in [6.07, 6.45) is 5.03. The molecule has 0 saturated heterocycles. The Morgan fingerprint density at radius 3 is 2.57 bits per heavy atom. The Labute approximate surface area is 135 Å². The van der Waals surface area contributed by atoms with E-state index in [0.717, 1.165) is 5.56 Å². The molecule has 23 heavy (non-hydrogen) atoms. The van der Waals surface area contributed by atoms with Gasteiger partial charge in [0, 0.05) is 18.0 Å². The van der Waals surface area contributed by atoms with Gasteiger partial charge in [-0.2, -0.15) is 0 Å². The van der Waals surface area contributed by atoms with Crippen molar-refractivity contribution in [3.8, 4) is 11.5 Å². The zero-order valence-corrected chi connectivity index (χ0v) is 13.4. The van der Waals surface area contributed by atoms with Gasteiger partial charge in [0.05, 0.1) is 26.4 Å². The van der Waals surface area contributed by atoms with Crippen molar-refractivity contribution >= 4 is 17.6 Å². The van der Waals surface area contributed by atoms with Crippen LogP contribution in [-0.2, 0) is 9.53 Å². The van der Waals surface area contributed by atoms with Crippen molar-refractivity contribution in [2.24, 2.45) is 0 Å². The molecule has 0 radical (unpaired) electrons. The molecule has 2 aromatic rings. The van der Waals surface area contributed by atoms with Crippen LogP contribution in [0.15, 0.2) is 42.7 Å². The smallest absolute Gasteiger partial charge is 0.338 e. The van der Waals surface area contributed by atoms with Crippen molar-refractivity contribution in [3.05, 3.63) is 53.9 Å². The first-order chi connectivity index (χ1) is 11.2. The highest BCUT2D eigenvalue weighted by Gasteiger charge is 2.14. The second-order valence-electron chi connectivity index (χ2n) is 4.63. The van der Waals surface area contributed by atoms with E-state index in [1.165, 1.54) is 0 Å². The van der Waals surface area contributed by atoms with Gasteiger partial charge in [-0.3, -0.25) is 4.98 Å². The lowest BCUT2D eigenvalue weighted by molar-refractivity contribution is -0.136. The quantitative estimate of drug-likeness (QED) is 0.605. The van der Waals surface area contributed by atoms with Crippen LogP contribution in [0.4, 0.5) is 0 Å². The highest BCUT2D eigenvalue weighted by molar-refractivity contribution is 6.21. The molecule has 0 amide bonds. The van der Waals surface area contributed by atoms with Crippen LogP contribution in [0.25, 0.3) is 11.6 Å². The number of carbonyl (C=O) groups excluding carboxylic acids is 1. The molecule has 5 nitrogen and oxygen atoms in total. The summed E-state index contributed by atoms with van der Waals surface area (Å²) in [4.78, 5) is 16.3. The molecule has 0 bridgehead atoms. The number of nitrogens with zero attached hydrogens (tertiary/aromatic N) is 1. The highest BCUT2D eigenvalue weighted by Crippen LogP contribution is 2.29. The van der Waals surface area contributed by atoms with E-state index >= 15 is 0 Å². The van der Waals surface area contributed by atoms with Gasteiger partial charge in [0.15, 0.2) is 11.5 Å².